The summed E-state index contributed by atoms with van der Waals surface area (Å²) in [5.41, 5.74) is 0.647. The molecule has 1 fully saturated rings. The molecule has 1 aliphatic heterocycles. The molecule has 0 spiro atoms. The third-order valence-corrected chi connectivity index (χ3v) is 3.93. The molecule has 1 saturated heterocycles. The monoisotopic (exact) mass is 273 g/mol. The van der Waals surface area contributed by atoms with E-state index in [2.05, 4.69) is 30.0 Å². The van der Waals surface area contributed by atoms with Gasteiger partial charge in [0.25, 0.3) is 0 Å². The molecule has 0 saturated carbocycles. The summed E-state index contributed by atoms with van der Waals surface area (Å²) in [7, 11) is 4.32. The Morgan fingerprint density at radius 1 is 1.35 bits per heavy atom. The van der Waals surface area contributed by atoms with Gasteiger partial charge in [-0.3, -0.25) is 4.90 Å². The van der Waals surface area contributed by atoms with Crippen molar-refractivity contribution in [3.8, 4) is 11.8 Å². The molecule has 1 aromatic carbocycles. The van der Waals surface area contributed by atoms with E-state index in [9.17, 15) is 0 Å². The Morgan fingerprint density at radius 2 is 2.10 bits per heavy atom. The van der Waals surface area contributed by atoms with Crippen molar-refractivity contribution in [1.29, 1.82) is 5.26 Å². The van der Waals surface area contributed by atoms with Gasteiger partial charge in [-0.1, -0.05) is 6.07 Å². The van der Waals surface area contributed by atoms with Gasteiger partial charge in [0.15, 0.2) is 0 Å². The van der Waals surface area contributed by atoms with Gasteiger partial charge in [0, 0.05) is 12.6 Å². The van der Waals surface area contributed by atoms with Crippen LogP contribution in [0.2, 0.25) is 0 Å². The van der Waals surface area contributed by atoms with Crippen molar-refractivity contribution < 1.29 is 4.74 Å². The fourth-order valence-corrected chi connectivity index (χ4v) is 2.61. The highest BCUT2D eigenvalue weighted by Gasteiger charge is 2.20. The highest BCUT2D eigenvalue weighted by molar-refractivity contribution is 5.36. The lowest BCUT2D eigenvalue weighted by molar-refractivity contribution is 0.128. The van der Waals surface area contributed by atoms with Crippen molar-refractivity contribution >= 4 is 0 Å². The van der Waals surface area contributed by atoms with Crippen molar-refractivity contribution in [2.75, 3.05) is 40.3 Å². The predicted octanol–water partition coefficient (Wildman–Crippen LogP) is 1.96. The van der Waals surface area contributed by atoms with E-state index < -0.39 is 0 Å². The first kappa shape index (κ1) is 14.8. The molecular weight excluding hydrogens is 250 g/mol. The standard InChI is InChI=1S/C16H23N3O/c1-18(2)15-6-8-19(9-7-15)10-11-20-16-5-3-4-14(12-16)13-17/h3-5,12,15H,6-11H2,1-2H3. The van der Waals surface area contributed by atoms with Crippen LogP contribution in [0.25, 0.3) is 0 Å². The van der Waals surface area contributed by atoms with E-state index in [-0.39, 0.29) is 0 Å². The molecule has 0 amide bonds. The van der Waals surface area contributed by atoms with Gasteiger partial charge < -0.3 is 9.64 Å². The number of likely N-dealkylation sites (tertiary alicyclic amines) is 1. The van der Waals surface area contributed by atoms with E-state index in [4.69, 9.17) is 10.00 Å². The Labute approximate surface area is 121 Å². The molecule has 0 unspecified atom stereocenters. The normalized spacial score (nSPS) is 17.1. The average molecular weight is 273 g/mol. The van der Waals surface area contributed by atoms with Gasteiger partial charge in [0.2, 0.25) is 0 Å². The molecule has 0 aromatic heterocycles. The number of ether oxygens (including phenoxy) is 1. The molecule has 2 rings (SSSR count). The Morgan fingerprint density at radius 3 is 2.75 bits per heavy atom. The zero-order chi connectivity index (χ0) is 14.4. The summed E-state index contributed by atoms with van der Waals surface area (Å²) in [4.78, 5) is 4.77. The molecule has 0 radical (unpaired) electrons. The van der Waals surface area contributed by atoms with Crippen molar-refractivity contribution in [3.63, 3.8) is 0 Å². The fourth-order valence-electron chi connectivity index (χ4n) is 2.61. The lowest BCUT2D eigenvalue weighted by Gasteiger charge is -2.35. The summed E-state index contributed by atoms with van der Waals surface area (Å²) < 4.78 is 5.72. The van der Waals surface area contributed by atoms with Crippen molar-refractivity contribution in [2.45, 2.75) is 18.9 Å². The highest BCUT2D eigenvalue weighted by Crippen LogP contribution is 2.15. The Hall–Kier alpha value is -1.57. The summed E-state index contributed by atoms with van der Waals surface area (Å²) >= 11 is 0. The van der Waals surface area contributed by atoms with E-state index in [0.717, 1.165) is 31.4 Å². The molecule has 4 nitrogen and oxygen atoms in total. The first-order valence-electron chi connectivity index (χ1n) is 7.21. The maximum Gasteiger partial charge on any atom is 0.120 e. The number of piperidine rings is 1. The van der Waals surface area contributed by atoms with Gasteiger partial charge >= 0.3 is 0 Å². The van der Waals surface area contributed by atoms with Crippen LogP contribution < -0.4 is 4.74 Å². The SMILES string of the molecule is CN(C)C1CCN(CCOc2cccc(C#N)c2)CC1. The molecule has 0 atom stereocenters. The third-order valence-electron chi connectivity index (χ3n) is 3.93. The molecule has 4 heteroatoms. The molecule has 0 N–H and O–H groups in total. The van der Waals surface area contributed by atoms with Gasteiger partial charge in [-0.2, -0.15) is 5.26 Å². The second-order valence-corrected chi connectivity index (χ2v) is 5.52. The molecule has 1 aliphatic rings. The Bertz CT molecular complexity index is 459. The maximum atomic E-state index is 8.84. The van der Waals surface area contributed by atoms with E-state index in [1.807, 2.05) is 12.1 Å². The van der Waals surface area contributed by atoms with Crippen LogP contribution in [-0.2, 0) is 0 Å². The second kappa shape index (κ2) is 7.28. The lowest BCUT2D eigenvalue weighted by Crippen LogP contribution is -2.43. The number of nitrogens with zero attached hydrogens (tertiary/aromatic N) is 3. The molecule has 0 aliphatic carbocycles. The summed E-state index contributed by atoms with van der Waals surface area (Å²) in [5, 5.41) is 8.84. The first-order valence-corrected chi connectivity index (χ1v) is 7.21. The van der Waals surface area contributed by atoms with Crippen LogP contribution in [0.3, 0.4) is 0 Å². The zero-order valence-electron chi connectivity index (χ0n) is 12.4. The maximum absolute atomic E-state index is 8.84. The molecule has 20 heavy (non-hydrogen) atoms. The van der Waals surface area contributed by atoms with E-state index in [0.29, 0.717) is 12.2 Å². The fraction of sp³-hybridized carbons (Fsp3) is 0.562. The van der Waals surface area contributed by atoms with Crippen LogP contribution >= 0.6 is 0 Å². The average Bonchev–Trinajstić information content (AvgIpc) is 2.48. The third kappa shape index (κ3) is 4.22. The Kier molecular flexibility index (Phi) is 5.40. The summed E-state index contributed by atoms with van der Waals surface area (Å²) in [5.74, 6) is 0.784. The van der Waals surface area contributed by atoms with Crippen LogP contribution in [0.1, 0.15) is 18.4 Å². The van der Waals surface area contributed by atoms with Crippen molar-refractivity contribution in [1.82, 2.24) is 9.80 Å². The topological polar surface area (TPSA) is 39.5 Å². The summed E-state index contributed by atoms with van der Waals surface area (Å²) in [6.07, 6.45) is 2.47. The number of hydrogen-bond acceptors (Lipinski definition) is 4. The van der Waals surface area contributed by atoms with Gasteiger partial charge in [-0.25, -0.2) is 0 Å². The van der Waals surface area contributed by atoms with Gasteiger partial charge in [0.1, 0.15) is 12.4 Å². The van der Waals surface area contributed by atoms with Gasteiger partial charge in [-0.05, 0) is 58.2 Å². The van der Waals surface area contributed by atoms with Crippen LogP contribution in [0.4, 0.5) is 0 Å². The van der Waals surface area contributed by atoms with Crippen LogP contribution in [0, 0.1) is 11.3 Å². The predicted molar refractivity (Wildman–Crippen MR) is 79.8 cm³/mol. The van der Waals surface area contributed by atoms with Crippen LogP contribution in [0.15, 0.2) is 24.3 Å². The number of rotatable bonds is 5. The van der Waals surface area contributed by atoms with Crippen molar-refractivity contribution in [3.05, 3.63) is 29.8 Å². The smallest absolute Gasteiger partial charge is 0.120 e. The Balaban J connectivity index is 1.70. The van der Waals surface area contributed by atoms with Crippen LogP contribution in [0.5, 0.6) is 5.75 Å². The zero-order valence-corrected chi connectivity index (χ0v) is 12.4. The molecule has 1 aromatic rings. The number of benzene rings is 1. The van der Waals surface area contributed by atoms with Crippen molar-refractivity contribution in [2.24, 2.45) is 0 Å². The summed E-state index contributed by atoms with van der Waals surface area (Å²) in [6.45, 7) is 3.92. The lowest BCUT2D eigenvalue weighted by atomic mass is 10.0. The van der Waals surface area contributed by atoms with E-state index in [1.165, 1.54) is 12.8 Å². The van der Waals surface area contributed by atoms with E-state index >= 15 is 0 Å². The van der Waals surface area contributed by atoms with Gasteiger partial charge in [0.05, 0.1) is 11.6 Å². The quantitative estimate of drug-likeness (QED) is 0.822. The minimum Gasteiger partial charge on any atom is -0.492 e. The molecule has 108 valence electrons. The molecule has 0 bridgehead atoms. The molecular formula is C16H23N3O. The van der Waals surface area contributed by atoms with E-state index in [1.54, 1.807) is 12.1 Å². The minimum absolute atomic E-state index is 0.647. The first-order chi connectivity index (χ1) is 9.69. The number of nitriles is 1. The highest BCUT2D eigenvalue weighted by atomic mass is 16.5. The number of hydrogen-bond donors (Lipinski definition) is 0. The minimum atomic E-state index is 0.647. The second-order valence-electron chi connectivity index (χ2n) is 5.52. The van der Waals surface area contributed by atoms with Gasteiger partial charge in [-0.15, -0.1) is 0 Å². The molecule has 1 heterocycles. The summed E-state index contributed by atoms with van der Waals surface area (Å²) in [6, 6.07) is 10.2. The largest absolute Gasteiger partial charge is 0.492 e. The van der Waals surface area contributed by atoms with Crippen LogP contribution in [-0.4, -0.2) is 56.2 Å².